The lowest BCUT2D eigenvalue weighted by Crippen LogP contribution is -2.43. The summed E-state index contributed by atoms with van der Waals surface area (Å²) in [4.78, 5) is 11.5. The summed E-state index contributed by atoms with van der Waals surface area (Å²) in [7, 11) is 0. The Morgan fingerprint density at radius 2 is 2.04 bits per heavy atom. The molecule has 0 aromatic rings. The Kier molecular flexibility index (Phi) is 6.40. The van der Waals surface area contributed by atoms with Crippen LogP contribution >= 0.6 is 0 Å². The maximum Gasteiger partial charge on any atom is 0.302 e. The number of aliphatic hydroxyl groups excluding tert-OH is 1. The van der Waals surface area contributed by atoms with Crippen LogP contribution < -0.4 is 0 Å². The number of ether oxygens (including phenoxy) is 1. The van der Waals surface area contributed by atoms with Crippen LogP contribution in [0.5, 0.6) is 0 Å². The van der Waals surface area contributed by atoms with Gasteiger partial charge in [0, 0.05) is 19.3 Å². The van der Waals surface area contributed by atoms with Crippen molar-refractivity contribution in [1.82, 2.24) is 0 Å². The topological polar surface area (TPSA) is 66.8 Å². The van der Waals surface area contributed by atoms with Gasteiger partial charge in [-0.3, -0.25) is 4.79 Å². The summed E-state index contributed by atoms with van der Waals surface area (Å²) in [6.07, 6.45) is 8.80. The molecule has 6 atom stereocenters. The lowest BCUT2D eigenvalue weighted by Gasteiger charge is -2.40. The number of hydrogen-bond acceptors (Lipinski definition) is 4. The maximum atomic E-state index is 11.5. The number of hydrogen-bond donors (Lipinski definition) is 2. The van der Waals surface area contributed by atoms with Crippen molar-refractivity contribution in [2.24, 2.45) is 23.2 Å². The van der Waals surface area contributed by atoms with Gasteiger partial charge in [-0.1, -0.05) is 37.6 Å². The third-order valence-electron chi connectivity index (χ3n) is 6.42. The molecule has 2 aliphatic carbocycles. The fourth-order valence-electron chi connectivity index (χ4n) is 4.90. The highest BCUT2D eigenvalue weighted by Crippen LogP contribution is 2.54. The fourth-order valence-corrected chi connectivity index (χ4v) is 4.90. The van der Waals surface area contributed by atoms with Gasteiger partial charge in [-0.2, -0.15) is 0 Å². The molecule has 4 nitrogen and oxygen atoms in total. The lowest BCUT2D eigenvalue weighted by molar-refractivity contribution is -0.147. The highest BCUT2D eigenvalue weighted by atomic mass is 16.5. The van der Waals surface area contributed by atoms with Gasteiger partial charge in [0.25, 0.3) is 0 Å². The number of carbonyl (C=O) groups excluding carboxylic acids is 1. The van der Waals surface area contributed by atoms with Crippen molar-refractivity contribution in [1.29, 1.82) is 0 Å². The fraction of sp³-hybridized carbons (Fsp3) is 0.773. The molecule has 0 aromatic heterocycles. The summed E-state index contributed by atoms with van der Waals surface area (Å²) in [6, 6.07) is 0. The van der Waals surface area contributed by atoms with Crippen molar-refractivity contribution in [3.8, 4) is 0 Å². The van der Waals surface area contributed by atoms with Crippen LogP contribution in [0, 0.1) is 23.2 Å². The molecule has 0 heterocycles. The molecule has 0 bridgehead atoms. The first-order valence-corrected chi connectivity index (χ1v) is 9.86. The van der Waals surface area contributed by atoms with E-state index in [0.29, 0.717) is 12.8 Å². The van der Waals surface area contributed by atoms with E-state index in [4.69, 9.17) is 4.74 Å². The Hall–Kier alpha value is -1.13. The standard InChI is InChI=1S/C22H36O4/c1-14-7-8-19(26-16(3)23)15(2)9-11-22(6)12-10-17(21(4,5)25)20(22)18(24)13-14/h7,9,11,15,17-20,24-25H,8,10,12-13H2,1-6H3/b11-9+,14-7+/t15-,17+,18-,19+,20+,22-/m0/s1. The third-order valence-corrected chi connectivity index (χ3v) is 6.42. The molecular weight excluding hydrogens is 328 g/mol. The van der Waals surface area contributed by atoms with Gasteiger partial charge in [0.05, 0.1) is 11.7 Å². The molecule has 0 aliphatic heterocycles. The molecule has 2 aliphatic rings. The van der Waals surface area contributed by atoms with Crippen molar-refractivity contribution in [3.05, 3.63) is 23.8 Å². The minimum atomic E-state index is -0.819. The molecular formula is C22H36O4. The average Bonchev–Trinajstić information content (AvgIpc) is 2.86. The predicted molar refractivity (Wildman–Crippen MR) is 103 cm³/mol. The quantitative estimate of drug-likeness (QED) is 0.574. The zero-order valence-electron chi connectivity index (χ0n) is 17.2. The van der Waals surface area contributed by atoms with E-state index in [1.165, 1.54) is 6.92 Å². The third kappa shape index (κ3) is 4.77. The molecule has 0 amide bonds. The largest absolute Gasteiger partial charge is 0.462 e. The second-order valence-electron chi connectivity index (χ2n) is 9.25. The maximum absolute atomic E-state index is 11.5. The number of fused-ring (bicyclic) bond motifs is 1. The van der Waals surface area contributed by atoms with E-state index in [0.717, 1.165) is 18.4 Å². The summed E-state index contributed by atoms with van der Waals surface area (Å²) in [6.45, 7) is 11.4. The lowest BCUT2D eigenvalue weighted by atomic mass is 9.68. The summed E-state index contributed by atoms with van der Waals surface area (Å²) in [5.74, 6) is -0.111. The first kappa shape index (κ1) is 21.2. The molecule has 26 heavy (non-hydrogen) atoms. The molecule has 1 fully saturated rings. The van der Waals surface area contributed by atoms with E-state index in [1.54, 1.807) is 0 Å². The van der Waals surface area contributed by atoms with Crippen LogP contribution in [0.1, 0.15) is 67.2 Å². The summed E-state index contributed by atoms with van der Waals surface area (Å²) < 4.78 is 5.53. The van der Waals surface area contributed by atoms with E-state index in [9.17, 15) is 15.0 Å². The molecule has 2 N–H and O–H groups in total. The van der Waals surface area contributed by atoms with Gasteiger partial charge in [0.15, 0.2) is 0 Å². The summed E-state index contributed by atoms with van der Waals surface area (Å²) >= 11 is 0. The number of allylic oxidation sites excluding steroid dienone is 1. The average molecular weight is 365 g/mol. The molecule has 1 saturated carbocycles. The van der Waals surface area contributed by atoms with Gasteiger partial charge in [-0.15, -0.1) is 0 Å². The second kappa shape index (κ2) is 7.85. The van der Waals surface area contributed by atoms with Crippen LogP contribution in [-0.2, 0) is 9.53 Å². The van der Waals surface area contributed by atoms with Crippen LogP contribution in [0.25, 0.3) is 0 Å². The number of carbonyl (C=O) groups is 1. The van der Waals surface area contributed by atoms with Crippen LogP contribution in [0.2, 0.25) is 0 Å². The van der Waals surface area contributed by atoms with Crippen LogP contribution in [-0.4, -0.2) is 34.0 Å². The smallest absolute Gasteiger partial charge is 0.302 e. The van der Waals surface area contributed by atoms with E-state index < -0.39 is 11.7 Å². The first-order chi connectivity index (χ1) is 11.9. The molecule has 0 saturated heterocycles. The molecule has 0 radical (unpaired) electrons. The first-order valence-electron chi connectivity index (χ1n) is 9.86. The van der Waals surface area contributed by atoms with Gasteiger partial charge in [0.1, 0.15) is 6.10 Å². The number of esters is 1. The number of rotatable bonds is 2. The van der Waals surface area contributed by atoms with Crippen molar-refractivity contribution >= 4 is 5.97 Å². The summed E-state index contributed by atoms with van der Waals surface area (Å²) in [5, 5.41) is 21.8. The zero-order chi connectivity index (χ0) is 19.7. The molecule has 0 spiro atoms. The van der Waals surface area contributed by atoms with Crippen molar-refractivity contribution in [2.45, 2.75) is 85.0 Å². The molecule has 0 unspecified atom stereocenters. The Morgan fingerprint density at radius 1 is 1.38 bits per heavy atom. The Labute approximate surface area is 158 Å². The van der Waals surface area contributed by atoms with Crippen LogP contribution in [0.3, 0.4) is 0 Å². The van der Waals surface area contributed by atoms with Crippen molar-refractivity contribution in [2.75, 3.05) is 0 Å². The van der Waals surface area contributed by atoms with E-state index in [1.807, 2.05) is 20.8 Å². The number of aliphatic hydroxyl groups is 2. The summed E-state index contributed by atoms with van der Waals surface area (Å²) in [5.41, 5.74) is 0.109. The van der Waals surface area contributed by atoms with E-state index in [-0.39, 0.29) is 35.2 Å². The normalized spacial score (nSPS) is 42.2. The SMILES string of the molecule is CC(=O)O[C@@H]1C/C=C(\C)C[C@H](O)[C@H]2[C@H](C(C)(C)O)CC[C@]2(C)/C=C/[C@@H]1C. The monoisotopic (exact) mass is 364 g/mol. The minimum Gasteiger partial charge on any atom is -0.462 e. The van der Waals surface area contributed by atoms with Crippen molar-refractivity contribution in [3.63, 3.8) is 0 Å². The van der Waals surface area contributed by atoms with Gasteiger partial charge in [-0.05, 0) is 57.3 Å². The van der Waals surface area contributed by atoms with Crippen LogP contribution in [0.15, 0.2) is 23.8 Å². The highest BCUT2D eigenvalue weighted by molar-refractivity contribution is 5.66. The Balaban J connectivity index is 2.41. The van der Waals surface area contributed by atoms with E-state index in [2.05, 4.69) is 32.1 Å². The predicted octanol–water partition coefficient (Wildman–Crippen LogP) is 4.01. The highest BCUT2D eigenvalue weighted by Gasteiger charge is 2.51. The minimum absolute atomic E-state index is 0.000393. The van der Waals surface area contributed by atoms with Gasteiger partial charge in [-0.25, -0.2) is 0 Å². The molecule has 0 aromatic carbocycles. The molecule has 148 valence electrons. The molecule has 4 heteroatoms. The van der Waals surface area contributed by atoms with Crippen LogP contribution in [0.4, 0.5) is 0 Å². The van der Waals surface area contributed by atoms with Gasteiger partial charge in [0.2, 0.25) is 0 Å². The Bertz CT molecular complexity index is 571. The zero-order valence-corrected chi connectivity index (χ0v) is 17.2. The van der Waals surface area contributed by atoms with Gasteiger partial charge >= 0.3 is 5.97 Å². The van der Waals surface area contributed by atoms with E-state index >= 15 is 0 Å². The Morgan fingerprint density at radius 3 is 2.62 bits per heavy atom. The molecule has 2 rings (SSSR count). The second-order valence-corrected chi connectivity index (χ2v) is 9.25. The van der Waals surface area contributed by atoms with Crippen molar-refractivity contribution < 1.29 is 19.7 Å². The van der Waals surface area contributed by atoms with Gasteiger partial charge < -0.3 is 14.9 Å².